The molecular weight excluding hydrogens is 215 g/mol. The number of hydrogen-bond donors (Lipinski definition) is 0. The van der Waals surface area contributed by atoms with E-state index in [1.54, 1.807) is 0 Å². The van der Waals surface area contributed by atoms with Gasteiger partial charge in [-0.1, -0.05) is 0 Å². The van der Waals surface area contributed by atoms with Crippen LogP contribution in [0, 0.1) is 5.82 Å². The van der Waals surface area contributed by atoms with Crippen molar-refractivity contribution >= 4 is 0 Å². The Labute approximate surface area is 93.9 Å². The van der Waals surface area contributed by atoms with Crippen LogP contribution >= 0.6 is 0 Å². The van der Waals surface area contributed by atoms with Crippen molar-refractivity contribution < 1.29 is 23.3 Å². The largest absolute Gasteiger partial charge is 0.497 e. The predicted octanol–water partition coefficient (Wildman–Crippen LogP) is 1.83. The molecule has 0 fully saturated rings. The van der Waals surface area contributed by atoms with Crippen LogP contribution in [0.15, 0.2) is 18.2 Å². The van der Waals surface area contributed by atoms with E-state index < -0.39 is 12.1 Å². The summed E-state index contributed by atoms with van der Waals surface area (Å²) < 4.78 is 33.3. The lowest BCUT2D eigenvalue weighted by Gasteiger charge is -2.15. The van der Waals surface area contributed by atoms with Crippen molar-refractivity contribution in [2.75, 3.05) is 27.9 Å². The highest BCUT2D eigenvalue weighted by Crippen LogP contribution is 2.23. The Bertz CT molecular complexity index is 326. The molecule has 0 aliphatic heterocycles. The van der Waals surface area contributed by atoms with E-state index in [4.69, 9.17) is 18.9 Å². The fraction of sp³-hybridized carbons (Fsp3) is 0.455. The average molecular weight is 230 g/mol. The maximum atomic E-state index is 13.3. The minimum absolute atomic E-state index is 0.108. The smallest absolute Gasteiger partial charge is 0.191 e. The first-order valence-electron chi connectivity index (χ1n) is 4.73. The molecule has 0 amide bonds. The van der Waals surface area contributed by atoms with Gasteiger partial charge in [-0.15, -0.1) is 0 Å². The highest BCUT2D eigenvalue weighted by molar-refractivity contribution is 5.34. The van der Waals surface area contributed by atoms with Crippen molar-refractivity contribution in [2.45, 2.75) is 6.29 Å². The van der Waals surface area contributed by atoms with Gasteiger partial charge >= 0.3 is 0 Å². The number of rotatable bonds is 6. The molecule has 0 bridgehead atoms. The first kappa shape index (κ1) is 12.7. The van der Waals surface area contributed by atoms with E-state index in [2.05, 4.69) is 0 Å². The number of hydrogen-bond acceptors (Lipinski definition) is 4. The molecule has 1 aromatic carbocycles. The van der Waals surface area contributed by atoms with E-state index in [9.17, 15) is 4.39 Å². The van der Waals surface area contributed by atoms with Crippen LogP contribution < -0.4 is 9.47 Å². The lowest BCUT2D eigenvalue weighted by molar-refractivity contribution is -0.122. The fourth-order valence-corrected chi connectivity index (χ4v) is 1.11. The molecule has 16 heavy (non-hydrogen) atoms. The Hall–Kier alpha value is -1.33. The van der Waals surface area contributed by atoms with Crippen LogP contribution in [0.1, 0.15) is 0 Å². The molecule has 0 spiro atoms. The first-order valence-corrected chi connectivity index (χ1v) is 4.73. The number of methoxy groups -OCH3 is 3. The van der Waals surface area contributed by atoms with Gasteiger partial charge in [0.1, 0.15) is 12.4 Å². The van der Waals surface area contributed by atoms with E-state index in [0.717, 1.165) is 0 Å². The van der Waals surface area contributed by atoms with Gasteiger partial charge in [0.2, 0.25) is 0 Å². The molecule has 0 radical (unpaired) electrons. The third-order valence-corrected chi connectivity index (χ3v) is 2.04. The summed E-state index contributed by atoms with van der Waals surface area (Å²) in [5.41, 5.74) is 0. The Morgan fingerprint density at radius 2 is 1.88 bits per heavy atom. The second-order valence-electron chi connectivity index (χ2n) is 3.01. The molecule has 0 atom stereocenters. The van der Waals surface area contributed by atoms with Gasteiger partial charge in [0.25, 0.3) is 0 Å². The van der Waals surface area contributed by atoms with Crippen LogP contribution in [-0.2, 0) is 9.47 Å². The Kier molecular flexibility index (Phi) is 5.01. The van der Waals surface area contributed by atoms with E-state index >= 15 is 0 Å². The standard InChI is InChI=1S/C11H15FO4/c1-13-8-4-5-9(12)10(6-8)16-7-11(14-2)15-3/h4-6,11H,7H2,1-3H3. The lowest BCUT2D eigenvalue weighted by atomic mass is 10.3. The van der Waals surface area contributed by atoms with Gasteiger partial charge in [0.05, 0.1) is 7.11 Å². The average Bonchev–Trinajstić information content (AvgIpc) is 2.32. The zero-order chi connectivity index (χ0) is 12.0. The molecular formula is C11H15FO4. The molecule has 0 heterocycles. The fourth-order valence-electron chi connectivity index (χ4n) is 1.11. The second kappa shape index (κ2) is 6.30. The summed E-state index contributed by atoms with van der Waals surface area (Å²) in [6, 6.07) is 4.27. The number of halogens is 1. The van der Waals surface area contributed by atoms with E-state index in [-0.39, 0.29) is 12.4 Å². The van der Waals surface area contributed by atoms with Gasteiger partial charge in [-0.05, 0) is 12.1 Å². The second-order valence-corrected chi connectivity index (χ2v) is 3.01. The van der Waals surface area contributed by atoms with E-state index in [0.29, 0.717) is 5.75 Å². The van der Waals surface area contributed by atoms with Crippen LogP contribution in [0.3, 0.4) is 0 Å². The minimum atomic E-state index is -0.523. The van der Waals surface area contributed by atoms with Crippen molar-refractivity contribution in [3.8, 4) is 11.5 Å². The molecule has 0 aliphatic rings. The third kappa shape index (κ3) is 3.36. The maximum Gasteiger partial charge on any atom is 0.191 e. The summed E-state index contributed by atoms with van der Waals surface area (Å²) in [5.74, 6) is 0.188. The van der Waals surface area contributed by atoms with E-state index in [1.807, 2.05) is 0 Å². The molecule has 5 heteroatoms. The quantitative estimate of drug-likeness (QED) is 0.699. The molecule has 1 rings (SSSR count). The summed E-state index contributed by atoms with van der Waals surface area (Å²) >= 11 is 0. The van der Waals surface area contributed by atoms with Crippen LogP contribution in [0.25, 0.3) is 0 Å². The van der Waals surface area contributed by atoms with Crippen molar-refractivity contribution in [2.24, 2.45) is 0 Å². The van der Waals surface area contributed by atoms with Crippen molar-refractivity contribution in [3.63, 3.8) is 0 Å². The molecule has 90 valence electrons. The molecule has 0 N–H and O–H groups in total. The van der Waals surface area contributed by atoms with Gasteiger partial charge < -0.3 is 18.9 Å². The number of benzene rings is 1. The molecule has 1 aromatic rings. The molecule has 4 nitrogen and oxygen atoms in total. The summed E-state index contributed by atoms with van der Waals surface area (Å²) in [6.07, 6.45) is -0.523. The summed E-state index contributed by atoms with van der Waals surface area (Å²) in [5, 5.41) is 0. The minimum Gasteiger partial charge on any atom is -0.497 e. The first-order chi connectivity index (χ1) is 7.71. The zero-order valence-corrected chi connectivity index (χ0v) is 9.53. The van der Waals surface area contributed by atoms with Crippen LogP contribution in [0.2, 0.25) is 0 Å². The van der Waals surface area contributed by atoms with Gasteiger partial charge in [0, 0.05) is 20.3 Å². The predicted molar refractivity (Wildman–Crippen MR) is 56.3 cm³/mol. The van der Waals surface area contributed by atoms with Crippen molar-refractivity contribution in [1.29, 1.82) is 0 Å². The Balaban J connectivity index is 2.65. The van der Waals surface area contributed by atoms with Gasteiger partial charge in [-0.25, -0.2) is 4.39 Å². The lowest BCUT2D eigenvalue weighted by Crippen LogP contribution is -2.22. The van der Waals surface area contributed by atoms with Crippen molar-refractivity contribution in [1.82, 2.24) is 0 Å². The van der Waals surface area contributed by atoms with Gasteiger partial charge in [0.15, 0.2) is 17.9 Å². The van der Waals surface area contributed by atoms with Gasteiger partial charge in [-0.2, -0.15) is 0 Å². The highest BCUT2D eigenvalue weighted by atomic mass is 19.1. The summed E-state index contributed by atoms with van der Waals surface area (Å²) in [6.45, 7) is 0.108. The topological polar surface area (TPSA) is 36.9 Å². The SMILES string of the molecule is COc1ccc(F)c(OCC(OC)OC)c1. The van der Waals surface area contributed by atoms with Crippen LogP contribution in [0.5, 0.6) is 11.5 Å². The summed E-state index contributed by atoms with van der Waals surface area (Å²) in [7, 11) is 4.48. The molecule has 0 unspecified atom stereocenters. The normalized spacial score (nSPS) is 10.6. The highest BCUT2D eigenvalue weighted by Gasteiger charge is 2.10. The third-order valence-electron chi connectivity index (χ3n) is 2.04. The van der Waals surface area contributed by atoms with E-state index in [1.165, 1.54) is 39.5 Å². The van der Waals surface area contributed by atoms with Crippen LogP contribution in [-0.4, -0.2) is 34.2 Å². The molecule has 0 aromatic heterocycles. The molecule has 0 saturated carbocycles. The van der Waals surface area contributed by atoms with Crippen molar-refractivity contribution in [3.05, 3.63) is 24.0 Å². The zero-order valence-electron chi connectivity index (χ0n) is 9.53. The van der Waals surface area contributed by atoms with Gasteiger partial charge in [-0.3, -0.25) is 0 Å². The summed E-state index contributed by atoms with van der Waals surface area (Å²) in [4.78, 5) is 0. The van der Waals surface area contributed by atoms with Crippen LogP contribution in [0.4, 0.5) is 4.39 Å². The molecule has 0 saturated heterocycles. The Morgan fingerprint density at radius 3 is 2.44 bits per heavy atom. The monoisotopic (exact) mass is 230 g/mol. The Morgan fingerprint density at radius 1 is 1.19 bits per heavy atom. The maximum absolute atomic E-state index is 13.3. The number of ether oxygens (including phenoxy) is 4. The molecule has 0 aliphatic carbocycles.